The maximum Gasteiger partial charge on any atom is 0.136 e. The summed E-state index contributed by atoms with van der Waals surface area (Å²) in [7, 11) is -1.34. The molecule has 1 fully saturated rings. The number of rotatable bonds is 8. The van der Waals surface area contributed by atoms with Crippen LogP contribution >= 0.6 is 0 Å². The average molecular weight is 445 g/mol. The van der Waals surface area contributed by atoms with Crippen molar-refractivity contribution in [3.8, 4) is 0 Å². The molecule has 0 aromatic heterocycles. The first-order valence-electron chi connectivity index (χ1n) is 11.9. The van der Waals surface area contributed by atoms with E-state index in [1.807, 2.05) is 42.5 Å². The Morgan fingerprint density at radius 3 is 2.53 bits per heavy atom. The summed E-state index contributed by atoms with van der Waals surface area (Å²) >= 11 is 0. The molecule has 0 heterocycles. The highest BCUT2D eigenvalue weighted by Gasteiger charge is 2.34. The number of allylic oxidation sites excluding steroid dienone is 1. The largest absolute Gasteiger partial charge is 0.299 e. The molecule has 0 saturated heterocycles. The predicted octanol–water partition coefficient (Wildman–Crippen LogP) is 7.55. The van der Waals surface area contributed by atoms with Gasteiger partial charge in [-0.1, -0.05) is 92.9 Å². The first kappa shape index (κ1) is 22.7. The van der Waals surface area contributed by atoms with E-state index < -0.39 is 10.8 Å². The van der Waals surface area contributed by atoms with Gasteiger partial charge in [0.05, 0.1) is 15.7 Å². The molecule has 1 saturated carbocycles. The van der Waals surface area contributed by atoms with Crippen LogP contribution in [0.5, 0.6) is 0 Å². The molecule has 0 bridgehead atoms. The predicted molar refractivity (Wildman–Crippen MR) is 135 cm³/mol. The molecule has 0 radical (unpaired) electrons. The minimum absolute atomic E-state index is 0.0164. The van der Waals surface area contributed by atoms with Gasteiger partial charge in [0.2, 0.25) is 0 Å². The van der Waals surface area contributed by atoms with Crippen molar-refractivity contribution in [3.05, 3.63) is 83.3 Å². The van der Waals surface area contributed by atoms with Crippen molar-refractivity contribution < 1.29 is 9.00 Å². The zero-order chi connectivity index (χ0) is 22.3. The van der Waals surface area contributed by atoms with Crippen LogP contribution in [0.4, 0.5) is 0 Å². The Bertz CT molecular complexity index is 1110. The van der Waals surface area contributed by atoms with E-state index in [0.717, 1.165) is 64.7 Å². The van der Waals surface area contributed by atoms with E-state index in [4.69, 9.17) is 0 Å². The Balaban J connectivity index is 1.84. The second kappa shape index (κ2) is 10.9. The Hall–Kier alpha value is -2.52. The molecule has 4 rings (SSSR count). The topological polar surface area (TPSA) is 34.1 Å². The van der Waals surface area contributed by atoms with E-state index in [9.17, 15) is 9.00 Å². The number of benzene rings is 3. The lowest BCUT2D eigenvalue weighted by atomic mass is 9.76. The molecule has 3 atom stereocenters. The number of fused-ring (bicyclic) bond motifs is 1. The fourth-order valence-corrected chi connectivity index (χ4v) is 6.54. The summed E-state index contributed by atoms with van der Waals surface area (Å²) in [6, 6.07) is 24.3. The van der Waals surface area contributed by atoms with Gasteiger partial charge in [-0.05, 0) is 47.7 Å². The number of Topliss-reactive ketones (excluding diaryl/α,β-unsaturated/α-hetero) is 1. The lowest BCUT2D eigenvalue weighted by Crippen LogP contribution is -2.29. The number of hydrogen-bond donors (Lipinski definition) is 0. The molecule has 0 aliphatic heterocycles. The SMILES string of the molecule is CCCC[C@@H](/C(=C/c1ccccc1)S(=O)c1cccc2ccccc12)[C@H]1CCCCC1=O. The van der Waals surface area contributed by atoms with Gasteiger partial charge in [0.25, 0.3) is 0 Å². The van der Waals surface area contributed by atoms with Gasteiger partial charge in [-0.3, -0.25) is 4.79 Å². The minimum atomic E-state index is -1.34. The van der Waals surface area contributed by atoms with Gasteiger partial charge in [0, 0.05) is 23.2 Å². The first-order chi connectivity index (χ1) is 15.7. The summed E-state index contributed by atoms with van der Waals surface area (Å²) in [5.74, 6) is 0.346. The van der Waals surface area contributed by atoms with E-state index in [1.54, 1.807) is 0 Å². The summed E-state index contributed by atoms with van der Waals surface area (Å²) in [6.07, 6.45) is 8.74. The van der Waals surface area contributed by atoms with Crippen LogP contribution in [0.3, 0.4) is 0 Å². The zero-order valence-corrected chi connectivity index (χ0v) is 19.7. The Morgan fingerprint density at radius 1 is 1.00 bits per heavy atom. The van der Waals surface area contributed by atoms with Crippen molar-refractivity contribution in [1.29, 1.82) is 0 Å². The van der Waals surface area contributed by atoms with Crippen LogP contribution in [-0.4, -0.2) is 9.99 Å². The smallest absolute Gasteiger partial charge is 0.136 e. The molecule has 3 aromatic rings. The van der Waals surface area contributed by atoms with Crippen molar-refractivity contribution in [2.75, 3.05) is 0 Å². The number of unbranched alkanes of at least 4 members (excludes halogenated alkanes) is 1. The molecular weight excluding hydrogens is 412 g/mol. The standard InChI is InChI=1S/C29H32O2S/c1-2-3-16-26(25-18-9-10-19-27(25)30)29(21-22-12-5-4-6-13-22)32(31)28-20-11-15-23-14-7-8-17-24(23)28/h4-8,11-15,17,20-21,25-26H,2-3,9-10,16,18-19H2,1H3/b29-21-/t25-,26-,32?/m1/s1. The highest BCUT2D eigenvalue weighted by Crippen LogP contribution is 2.39. The molecule has 0 N–H and O–H groups in total. The van der Waals surface area contributed by atoms with Crippen LogP contribution in [0.1, 0.15) is 57.4 Å². The zero-order valence-electron chi connectivity index (χ0n) is 18.8. The van der Waals surface area contributed by atoms with Crippen LogP contribution in [0.2, 0.25) is 0 Å². The second-order valence-corrected chi connectivity index (χ2v) is 10.2. The van der Waals surface area contributed by atoms with Gasteiger partial charge in [-0.2, -0.15) is 0 Å². The van der Waals surface area contributed by atoms with Crippen LogP contribution in [0, 0.1) is 11.8 Å². The van der Waals surface area contributed by atoms with Crippen LogP contribution in [-0.2, 0) is 15.6 Å². The number of hydrogen-bond acceptors (Lipinski definition) is 2. The molecule has 2 nitrogen and oxygen atoms in total. The third-order valence-corrected chi connectivity index (χ3v) is 8.20. The van der Waals surface area contributed by atoms with Crippen LogP contribution in [0.25, 0.3) is 16.8 Å². The monoisotopic (exact) mass is 444 g/mol. The van der Waals surface area contributed by atoms with Crippen molar-refractivity contribution in [3.63, 3.8) is 0 Å². The fourth-order valence-electron chi connectivity index (χ4n) is 4.90. The summed E-state index contributed by atoms with van der Waals surface area (Å²) in [4.78, 5) is 14.7. The molecule has 3 heteroatoms. The Morgan fingerprint density at radius 2 is 1.75 bits per heavy atom. The molecule has 32 heavy (non-hydrogen) atoms. The maximum atomic E-state index is 14.2. The highest BCUT2D eigenvalue weighted by molar-refractivity contribution is 7.89. The van der Waals surface area contributed by atoms with Gasteiger partial charge in [0.1, 0.15) is 5.78 Å². The summed E-state index contributed by atoms with van der Waals surface area (Å²) in [6.45, 7) is 2.18. The van der Waals surface area contributed by atoms with Gasteiger partial charge < -0.3 is 0 Å². The van der Waals surface area contributed by atoms with E-state index in [-0.39, 0.29) is 11.8 Å². The fraction of sp³-hybridized carbons (Fsp3) is 0.345. The van der Waals surface area contributed by atoms with E-state index in [0.29, 0.717) is 12.2 Å². The molecule has 1 unspecified atom stereocenters. The molecule has 166 valence electrons. The third-order valence-electron chi connectivity index (χ3n) is 6.59. The van der Waals surface area contributed by atoms with Crippen LogP contribution in [0.15, 0.2) is 82.6 Å². The van der Waals surface area contributed by atoms with Crippen molar-refractivity contribution in [2.24, 2.45) is 11.8 Å². The van der Waals surface area contributed by atoms with Crippen molar-refractivity contribution in [2.45, 2.75) is 56.8 Å². The average Bonchev–Trinajstić information content (AvgIpc) is 2.84. The van der Waals surface area contributed by atoms with Gasteiger partial charge in [-0.15, -0.1) is 0 Å². The normalized spacial score (nSPS) is 19.1. The van der Waals surface area contributed by atoms with Crippen LogP contribution < -0.4 is 0 Å². The highest BCUT2D eigenvalue weighted by atomic mass is 32.2. The van der Waals surface area contributed by atoms with E-state index in [2.05, 4.69) is 43.3 Å². The molecule has 3 aromatic carbocycles. The van der Waals surface area contributed by atoms with Gasteiger partial charge >= 0.3 is 0 Å². The quantitative estimate of drug-likeness (QED) is 0.359. The van der Waals surface area contributed by atoms with Gasteiger partial charge in [0.15, 0.2) is 0 Å². The number of carbonyl (C=O) groups excluding carboxylic acids is 1. The summed E-state index contributed by atoms with van der Waals surface area (Å²) < 4.78 is 14.2. The van der Waals surface area contributed by atoms with Gasteiger partial charge in [-0.25, -0.2) is 4.21 Å². The maximum absolute atomic E-state index is 14.2. The summed E-state index contributed by atoms with van der Waals surface area (Å²) in [5.41, 5.74) is 1.04. The summed E-state index contributed by atoms with van der Waals surface area (Å²) in [5, 5.41) is 2.12. The third kappa shape index (κ3) is 5.10. The lowest BCUT2D eigenvalue weighted by Gasteiger charge is -2.31. The molecule has 0 amide bonds. The molecule has 0 spiro atoms. The molecule has 1 aliphatic carbocycles. The lowest BCUT2D eigenvalue weighted by molar-refractivity contribution is -0.125. The molecule has 1 aliphatic rings. The minimum Gasteiger partial charge on any atom is -0.299 e. The van der Waals surface area contributed by atoms with E-state index in [1.165, 1.54) is 0 Å². The van der Waals surface area contributed by atoms with E-state index >= 15 is 0 Å². The molecular formula is C29H32O2S. The van der Waals surface area contributed by atoms with Crippen molar-refractivity contribution in [1.82, 2.24) is 0 Å². The second-order valence-electron chi connectivity index (χ2n) is 8.77. The number of ketones is 1. The Kier molecular flexibility index (Phi) is 7.70. The van der Waals surface area contributed by atoms with Crippen molar-refractivity contribution >= 4 is 33.4 Å². The Labute approximate surface area is 194 Å². The number of carbonyl (C=O) groups is 1. The first-order valence-corrected chi connectivity index (χ1v) is 13.0.